The second-order valence-corrected chi connectivity index (χ2v) is 6.20. The maximum Gasteiger partial charge on any atom is 0.167 e. The van der Waals surface area contributed by atoms with E-state index in [1.54, 1.807) is 11.8 Å². The lowest BCUT2D eigenvalue weighted by molar-refractivity contribution is 0.0892. The highest BCUT2D eigenvalue weighted by molar-refractivity contribution is 7.99. The Morgan fingerprint density at radius 3 is 2.83 bits per heavy atom. The van der Waals surface area contributed by atoms with Gasteiger partial charge in [0.2, 0.25) is 0 Å². The molecule has 0 atom stereocenters. The van der Waals surface area contributed by atoms with E-state index in [2.05, 4.69) is 12.2 Å². The Kier molecular flexibility index (Phi) is 5.10. The molecule has 18 heavy (non-hydrogen) atoms. The highest BCUT2D eigenvalue weighted by Crippen LogP contribution is 2.29. The number of thioether (sulfide) groups is 1. The van der Waals surface area contributed by atoms with Gasteiger partial charge in [0.15, 0.2) is 5.78 Å². The van der Waals surface area contributed by atoms with E-state index in [4.69, 9.17) is 11.6 Å². The van der Waals surface area contributed by atoms with E-state index in [9.17, 15) is 4.79 Å². The fraction of sp³-hybridized carbons (Fsp3) is 0.500. The van der Waals surface area contributed by atoms with E-state index in [-0.39, 0.29) is 11.7 Å². The molecule has 1 aromatic carbocycles. The van der Waals surface area contributed by atoms with Crippen molar-refractivity contribution >= 4 is 29.1 Å². The third kappa shape index (κ3) is 3.28. The molecule has 0 bridgehead atoms. The number of hydrogen-bond acceptors (Lipinski definition) is 3. The number of carbonyl (C=O) groups excluding carboxylic acids is 1. The molecule has 0 spiro atoms. The van der Waals surface area contributed by atoms with Crippen LogP contribution in [0, 0.1) is 5.92 Å². The zero-order valence-corrected chi connectivity index (χ0v) is 12.1. The molecule has 0 amide bonds. The molecule has 1 aliphatic rings. The smallest absolute Gasteiger partial charge is 0.167 e. The molecular formula is C14H18ClNOS. The van der Waals surface area contributed by atoms with Crippen molar-refractivity contribution in [3.8, 4) is 0 Å². The molecule has 1 heterocycles. The van der Waals surface area contributed by atoms with Crippen molar-refractivity contribution in [2.45, 2.75) is 24.7 Å². The lowest BCUT2D eigenvalue weighted by Gasteiger charge is -2.22. The van der Waals surface area contributed by atoms with Crippen LogP contribution in [-0.4, -0.2) is 24.6 Å². The summed E-state index contributed by atoms with van der Waals surface area (Å²) in [6, 6.07) is 5.65. The quantitative estimate of drug-likeness (QED) is 0.676. The summed E-state index contributed by atoms with van der Waals surface area (Å²) in [7, 11) is 0. The Morgan fingerprint density at radius 1 is 1.44 bits per heavy atom. The van der Waals surface area contributed by atoms with Crippen LogP contribution < -0.4 is 5.32 Å². The topological polar surface area (TPSA) is 29.1 Å². The number of carbonyl (C=O) groups is 1. The van der Waals surface area contributed by atoms with Crippen LogP contribution >= 0.6 is 23.4 Å². The van der Waals surface area contributed by atoms with E-state index in [1.165, 1.54) is 0 Å². The third-order valence-electron chi connectivity index (χ3n) is 3.22. The molecule has 1 saturated heterocycles. The number of nitrogens with one attached hydrogen (secondary N) is 1. The summed E-state index contributed by atoms with van der Waals surface area (Å²) >= 11 is 7.73. The molecule has 98 valence electrons. The predicted octanol–water partition coefficient (Wildman–Crippen LogP) is 3.63. The van der Waals surface area contributed by atoms with Gasteiger partial charge in [-0.3, -0.25) is 4.79 Å². The molecule has 0 unspecified atom stereocenters. The van der Waals surface area contributed by atoms with E-state index >= 15 is 0 Å². The molecule has 1 aromatic rings. The molecule has 2 rings (SSSR count). The summed E-state index contributed by atoms with van der Waals surface area (Å²) < 4.78 is 0. The molecule has 1 aliphatic heterocycles. The fourth-order valence-corrected chi connectivity index (χ4v) is 3.24. The number of Topliss-reactive ketones (excluding diaryl/α,β-unsaturated/α-hetero) is 1. The van der Waals surface area contributed by atoms with E-state index in [0.717, 1.165) is 42.1 Å². The minimum Gasteiger partial charge on any atom is -0.317 e. The van der Waals surface area contributed by atoms with Gasteiger partial charge in [-0.2, -0.15) is 0 Å². The van der Waals surface area contributed by atoms with Crippen LogP contribution in [0.3, 0.4) is 0 Å². The first-order chi connectivity index (χ1) is 8.72. The highest BCUT2D eigenvalue weighted by Gasteiger charge is 2.24. The van der Waals surface area contributed by atoms with Crippen molar-refractivity contribution in [1.29, 1.82) is 0 Å². The Morgan fingerprint density at radius 2 is 2.17 bits per heavy atom. The average Bonchev–Trinajstić information content (AvgIpc) is 2.41. The number of halogens is 1. The molecule has 4 heteroatoms. The van der Waals surface area contributed by atoms with Gasteiger partial charge < -0.3 is 5.32 Å². The van der Waals surface area contributed by atoms with Crippen molar-refractivity contribution in [2.24, 2.45) is 5.92 Å². The van der Waals surface area contributed by atoms with Crippen molar-refractivity contribution in [1.82, 2.24) is 5.32 Å². The van der Waals surface area contributed by atoms with Crippen LogP contribution in [0.15, 0.2) is 23.1 Å². The lowest BCUT2D eigenvalue weighted by Crippen LogP contribution is -2.32. The first-order valence-corrected chi connectivity index (χ1v) is 7.76. The zero-order valence-electron chi connectivity index (χ0n) is 10.5. The second kappa shape index (κ2) is 6.60. The van der Waals surface area contributed by atoms with Gasteiger partial charge in [-0.1, -0.05) is 18.5 Å². The van der Waals surface area contributed by atoms with Crippen LogP contribution in [0.4, 0.5) is 0 Å². The zero-order chi connectivity index (χ0) is 13.0. The maximum absolute atomic E-state index is 12.5. The van der Waals surface area contributed by atoms with Crippen LogP contribution in [-0.2, 0) is 0 Å². The van der Waals surface area contributed by atoms with E-state index in [0.29, 0.717) is 5.02 Å². The summed E-state index contributed by atoms with van der Waals surface area (Å²) in [5.74, 6) is 1.38. The van der Waals surface area contributed by atoms with Gasteiger partial charge in [0.1, 0.15) is 0 Å². The number of hydrogen-bond donors (Lipinski definition) is 1. The fourth-order valence-electron chi connectivity index (χ4n) is 2.28. The SMILES string of the molecule is CCSc1ccc(Cl)cc1C(=O)C1CCNCC1. The molecular weight excluding hydrogens is 266 g/mol. The van der Waals surface area contributed by atoms with Gasteiger partial charge in [-0.15, -0.1) is 11.8 Å². The van der Waals surface area contributed by atoms with Gasteiger partial charge >= 0.3 is 0 Å². The highest BCUT2D eigenvalue weighted by atomic mass is 35.5. The Hall–Kier alpha value is -0.510. The van der Waals surface area contributed by atoms with Gasteiger partial charge in [0, 0.05) is 21.4 Å². The molecule has 0 radical (unpaired) electrons. The average molecular weight is 284 g/mol. The van der Waals surface area contributed by atoms with Gasteiger partial charge in [0.05, 0.1) is 0 Å². The number of ketones is 1. The van der Waals surface area contributed by atoms with Gasteiger partial charge in [-0.05, 0) is 49.9 Å². The standard InChI is InChI=1S/C14H18ClNOS/c1-2-18-13-4-3-11(15)9-12(13)14(17)10-5-7-16-8-6-10/h3-4,9-10,16H,2,5-8H2,1H3. The van der Waals surface area contributed by atoms with Crippen LogP contribution in [0.1, 0.15) is 30.1 Å². The van der Waals surface area contributed by atoms with Gasteiger partial charge in [-0.25, -0.2) is 0 Å². The molecule has 2 nitrogen and oxygen atoms in total. The van der Waals surface area contributed by atoms with Gasteiger partial charge in [0.25, 0.3) is 0 Å². The summed E-state index contributed by atoms with van der Waals surface area (Å²) in [4.78, 5) is 13.6. The largest absolute Gasteiger partial charge is 0.317 e. The summed E-state index contributed by atoms with van der Waals surface area (Å²) in [6.07, 6.45) is 1.86. The molecule has 0 aromatic heterocycles. The van der Waals surface area contributed by atoms with E-state index < -0.39 is 0 Å². The van der Waals surface area contributed by atoms with Crippen LogP contribution in [0.5, 0.6) is 0 Å². The Balaban J connectivity index is 2.24. The molecule has 0 aliphatic carbocycles. The summed E-state index contributed by atoms with van der Waals surface area (Å²) in [5.41, 5.74) is 0.807. The second-order valence-electron chi connectivity index (χ2n) is 4.46. The van der Waals surface area contributed by atoms with Crippen molar-refractivity contribution in [3.63, 3.8) is 0 Å². The monoisotopic (exact) mass is 283 g/mol. The number of rotatable bonds is 4. The normalized spacial score (nSPS) is 16.8. The van der Waals surface area contributed by atoms with Crippen molar-refractivity contribution < 1.29 is 4.79 Å². The van der Waals surface area contributed by atoms with Crippen LogP contribution in [0.2, 0.25) is 5.02 Å². The van der Waals surface area contributed by atoms with Crippen LogP contribution in [0.25, 0.3) is 0 Å². The Bertz CT molecular complexity index is 430. The van der Waals surface area contributed by atoms with E-state index in [1.807, 2.05) is 18.2 Å². The molecule has 1 N–H and O–H groups in total. The Labute approximate surface area is 117 Å². The summed E-state index contributed by atoms with van der Waals surface area (Å²) in [5, 5.41) is 3.93. The maximum atomic E-state index is 12.5. The summed E-state index contributed by atoms with van der Waals surface area (Å²) in [6.45, 7) is 3.97. The first-order valence-electron chi connectivity index (χ1n) is 6.39. The van der Waals surface area contributed by atoms with Crippen molar-refractivity contribution in [3.05, 3.63) is 28.8 Å². The minimum atomic E-state index is 0.154. The number of benzene rings is 1. The molecule has 1 fully saturated rings. The lowest BCUT2D eigenvalue weighted by atomic mass is 9.89. The third-order valence-corrected chi connectivity index (χ3v) is 4.41. The minimum absolute atomic E-state index is 0.154. The predicted molar refractivity (Wildman–Crippen MR) is 77.8 cm³/mol. The molecule has 0 saturated carbocycles. The van der Waals surface area contributed by atoms with Crippen molar-refractivity contribution in [2.75, 3.05) is 18.8 Å². The first kappa shape index (κ1) is 13.9. The number of piperidine rings is 1.